The van der Waals surface area contributed by atoms with Gasteiger partial charge in [0.15, 0.2) is 6.61 Å². The lowest BCUT2D eigenvalue weighted by Gasteiger charge is -2.32. The Morgan fingerprint density at radius 1 is 1.38 bits per heavy atom. The normalized spacial score (nSPS) is 16.7. The monoisotopic (exact) mass is 310 g/mol. The Balaban J connectivity index is 1.70. The molecule has 1 fully saturated rings. The van der Waals surface area contributed by atoms with E-state index in [1.165, 1.54) is 6.42 Å². The molecule has 2 rings (SSSR count). The van der Waals surface area contributed by atoms with Crippen molar-refractivity contribution in [3.05, 3.63) is 29.3 Å². The van der Waals surface area contributed by atoms with Gasteiger partial charge in [-0.15, -0.1) is 0 Å². The highest BCUT2D eigenvalue weighted by molar-refractivity contribution is 6.32. The molecular weight excluding hydrogens is 288 g/mol. The molecule has 0 spiro atoms. The summed E-state index contributed by atoms with van der Waals surface area (Å²) in [5.41, 5.74) is 0. The first kappa shape index (κ1) is 16.1. The van der Waals surface area contributed by atoms with Gasteiger partial charge in [-0.25, -0.2) is 0 Å². The summed E-state index contributed by atoms with van der Waals surface area (Å²) in [6, 6.07) is 7.44. The molecule has 0 saturated carbocycles. The molecule has 0 aliphatic carbocycles. The van der Waals surface area contributed by atoms with Crippen molar-refractivity contribution in [2.45, 2.75) is 32.2 Å². The van der Waals surface area contributed by atoms with Crippen molar-refractivity contribution in [2.75, 3.05) is 26.2 Å². The third kappa shape index (κ3) is 5.21. The second-order valence-electron chi connectivity index (χ2n) is 5.40. The maximum absolute atomic E-state index is 11.9. The van der Waals surface area contributed by atoms with Crippen molar-refractivity contribution < 1.29 is 9.53 Å². The molecule has 1 aromatic rings. The molecule has 5 heteroatoms. The number of rotatable bonds is 6. The smallest absolute Gasteiger partial charge is 0.258 e. The van der Waals surface area contributed by atoms with Crippen LogP contribution in [0.5, 0.6) is 5.75 Å². The van der Waals surface area contributed by atoms with Gasteiger partial charge in [0, 0.05) is 19.1 Å². The number of carbonyl (C=O) groups excluding carboxylic acids is 1. The minimum absolute atomic E-state index is 0.0128. The number of ether oxygens (including phenoxy) is 1. The molecule has 1 aliphatic rings. The topological polar surface area (TPSA) is 41.6 Å². The molecule has 0 bridgehead atoms. The summed E-state index contributed by atoms with van der Waals surface area (Å²) in [5.74, 6) is 0.468. The van der Waals surface area contributed by atoms with Gasteiger partial charge in [-0.3, -0.25) is 4.79 Å². The highest BCUT2D eigenvalue weighted by Gasteiger charge is 2.20. The van der Waals surface area contributed by atoms with Crippen molar-refractivity contribution in [1.29, 1.82) is 0 Å². The third-order valence-electron chi connectivity index (χ3n) is 3.69. The Bertz CT molecular complexity index is 459. The van der Waals surface area contributed by atoms with Crippen LogP contribution in [0, 0.1) is 0 Å². The van der Waals surface area contributed by atoms with E-state index in [1.54, 1.807) is 12.1 Å². The zero-order valence-electron chi connectivity index (χ0n) is 12.5. The van der Waals surface area contributed by atoms with E-state index in [0.717, 1.165) is 32.5 Å². The number of likely N-dealkylation sites (tertiary alicyclic amines) is 1. The van der Waals surface area contributed by atoms with E-state index in [9.17, 15) is 4.79 Å². The van der Waals surface area contributed by atoms with Crippen LogP contribution in [-0.4, -0.2) is 43.1 Å². The van der Waals surface area contributed by atoms with Crippen LogP contribution in [-0.2, 0) is 4.79 Å². The fraction of sp³-hybridized carbons (Fsp3) is 0.562. The van der Waals surface area contributed by atoms with Gasteiger partial charge in [0.2, 0.25) is 0 Å². The summed E-state index contributed by atoms with van der Waals surface area (Å²) >= 11 is 5.98. The fourth-order valence-corrected chi connectivity index (χ4v) is 2.78. The molecule has 1 heterocycles. The van der Waals surface area contributed by atoms with Crippen LogP contribution >= 0.6 is 11.6 Å². The van der Waals surface area contributed by atoms with Crippen molar-refractivity contribution >= 4 is 17.5 Å². The predicted molar refractivity (Wildman–Crippen MR) is 84.8 cm³/mol. The van der Waals surface area contributed by atoms with Crippen LogP contribution in [0.3, 0.4) is 0 Å². The van der Waals surface area contributed by atoms with Gasteiger partial charge in [-0.05, 0) is 37.9 Å². The number of nitrogens with one attached hydrogen (secondary N) is 1. The maximum atomic E-state index is 11.9. The number of hydrogen-bond donors (Lipinski definition) is 1. The molecule has 1 aromatic carbocycles. The van der Waals surface area contributed by atoms with Gasteiger partial charge in [0.05, 0.1) is 5.02 Å². The minimum atomic E-state index is -0.0798. The van der Waals surface area contributed by atoms with Crippen molar-refractivity contribution in [3.8, 4) is 5.75 Å². The van der Waals surface area contributed by atoms with E-state index in [1.807, 2.05) is 12.1 Å². The Hall–Kier alpha value is -1.26. The molecule has 1 saturated heterocycles. The predicted octanol–water partition coefficient (Wildman–Crippen LogP) is 2.71. The van der Waals surface area contributed by atoms with Gasteiger partial charge in [0.25, 0.3) is 5.91 Å². The molecule has 1 N–H and O–H groups in total. The summed E-state index contributed by atoms with van der Waals surface area (Å²) in [4.78, 5) is 14.4. The Labute approximate surface area is 131 Å². The van der Waals surface area contributed by atoms with Gasteiger partial charge in [0.1, 0.15) is 5.75 Å². The highest BCUT2D eigenvalue weighted by atomic mass is 35.5. The Morgan fingerprint density at radius 2 is 2.10 bits per heavy atom. The second kappa shape index (κ2) is 8.25. The lowest BCUT2D eigenvalue weighted by molar-refractivity contribution is -0.124. The van der Waals surface area contributed by atoms with Crippen LogP contribution < -0.4 is 10.1 Å². The van der Waals surface area contributed by atoms with Gasteiger partial charge >= 0.3 is 0 Å². The molecule has 0 atom stereocenters. The van der Waals surface area contributed by atoms with Gasteiger partial charge in [-0.1, -0.05) is 30.7 Å². The van der Waals surface area contributed by atoms with Crippen LogP contribution in [0.15, 0.2) is 24.3 Å². The van der Waals surface area contributed by atoms with Gasteiger partial charge < -0.3 is 15.0 Å². The molecule has 21 heavy (non-hydrogen) atoms. The van der Waals surface area contributed by atoms with Crippen molar-refractivity contribution in [1.82, 2.24) is 10.2 Å². The maximum Gasteiger partial charge on any atom is 0.258 e. The standard InChI is InChI=1S/C16H23ClN2O2/c1-2-9-19-10-7-13(8-11-19)18-16(20)12-21-15-6-4-3-5-14(15)17/h3-6,13H,2,7-12H2,1H3,(H,18,20). The third-order valence-corrected chi connectivity index (χ3v) is 4.00. The summed E-state index contributed by atoms with van der Waals surface area (Å²) in [6.07, 6.45) is 3.21. The van der Waals surface area contributed by atoms with E-state index in [0.29, 0.717) is 10.8 Å². The van der Waals surface area contributed by atoms with Crippen molar-refractivity contribution in [3.63, 3.8) is 0 Å². The molecule has 116 valence electrons. The first-order valence-electron chi connectivity index (χ1n) is 7.58. The summed E-state index contributed by atoms with van der Waals surface area (Å²) in [7, 11) is 0. The second-order valence-corrected chi connectivity index (χ2v) is 5.81. The van der Waals surface area contributed by atoms with E-state index in [4.69, 9.17) is 16.3 Å². The molecule has 0 unspecified atom stereocenters. The molecule has 0 aromatic heterocycles. The average Bonchev–Trinajstić information content (AvgIpc) is 2.49. The first-order valence-corrected chi connectivity index (χ1v) is 7.96. The molecule has 1 amide bonds. The first-order chi connectivity index (χ1) is 10.2. The summed E-state index contributed by atoms with van der Waals surface area (Å²) in [6.45, 7) is 5.48. The Kier molecular flexibility index (Phi) is 6.33. The Morgan fingerprint density at radius 3 is 2.76 bits per heavy atom. The van der Waals surface area contributed by atoms with Crippen LogP contribution in [0.1, 0.15) is 26.2 Å². The minimum Gasteiger partial charge on any atom is -0.482 e. The van der Waals surface area contributed by atoms with E-state index in [2.05, 4.69) is 17.1 Å². The summed E-state index contributed by atoms with van der Waals surface area (Å²) < 4.78 is 5.45. The van der Waals surface area contributed by atoms with E-state index in [-0.39, 0.29) is 18.6 Å². The average molecular weight is 311 g/mol. The number of halogens is 1. The number of hydrogen-bond acceptors (Lipinski definition) is 3. The number of para-hydroxylation sites is 1. The number of nitrogens with zero attached hydrogens (tertiary/aromatic N) is 1. The number of piperidine rings is 1. The molecule has 1 aliphatic heterocycles. The fourth-order valence-electron chi connectivity index (χ4n) is 2.59. The summed E-state index contributed by atoms with van der Waals surface area (Å²) in [5, 5.41) is 3.56. The highest BCUT2D eigenvalue weighted by Crippen LogP contribution is 2.22. The largest absolute Gasteiger partial charge is 0.482 e. The molecule has 0 radical (unpaired) electrons. The van der Waals surface area contributed by atoms with Crippen molar-refractivity contribution in [2.24, 2.45) is 0 Å². The number of amides is 1. The van der Waals surface area contributed by atoms with Crippen LogP contribution in [0.2, 0.25) is 5.02 Å². The van der Waals surface area contributed by atoms with Crippen LogP contribution in [0.25, 0.3) is 0 Å². The number of benzene rings is 1. The lowest BCUT2D eigenvalue weighted by Crippen LogP contribution is -2.46. The number of carbonyl (C=O) groups is 1. The lowest BCUT2D eigenvalue weighted by atomic mass is 10.0. The van der Waals surface area contributed by atoms with E-state index < -0.39 is 0 Å². The molecular formula is C16H23ClN2O2. The quantitative estimate of drug-likeness (QED) is 0.878. The van der Waals surface area contributed by atoms with Gasteiger partial charge in [-0.2, -0.15) is 0 Å². The molecule has 4 nitrogen and oxygen atoms in total. The SMILES string of the molecule is CCCN1CCC(NC(=O)COc2ccccc2Cl)CC1. The zero-order valence-corrected chi connectivity index (χ0v) is 13.2. The van der Waals surface area contributed by atoms with E-state index >= 15 is 0 Å². The zero-order chi connectivity index (χ0) is 15.1. The van der Waals surface area contributed by atoms with Crippen LogP contribution in [0.4, 0.5) is 0 Å².